The summed E-state index contributed by atoms with van der Waals surface area (Å²) < 4.78 is 5.36. The van der Waals surface area contributed by atoms with Crippen LogP contribution in [0.2, 0.25) is 0 Å². The summed E-state index contributed by atoms with van der Waals surface area (Å²) in [6.07, 6.45) is 1.40. The Hall–Kier alpha value is -2.13. The van der Waals surface area contributed by atoms with Crippen molar-refractivity contribution in [1.82, 2.24) is 5.32 Å². The average molecular weight is 309 g/mol. The van der Waals surface area contributed by atoms with Gasteiger partial charge in [0.05, 0.1) is 7.11 Å². The third kappa shape index (κ3) is 3.80. The number of hydrogen-bond donors (Lipinski definition) is 1. The maximum absolute atomic E-state index is 12.8. The molecule has 0 aliphatic carbocycles. The Kier molecular flexibility index (Phi) is 5.09. The van der Waals surface area contributed by atoms with Crippen molar-refractivity contribution in [2.75, 3.05) is 20.2 Å². The van der Waals surface area contributed by atoms with E-state index in [2.05, 4.69) is 29.6 Å². The van der Waals surface area contributed by atoms with E-state index in [9.17, 15) is 4.79 Å². The lowest BCUT2D eigenvalue weighted by Crippen LogP contribution is -2.26. The Morgan fingerprint density at radius 1 is 1.09 bits per heavy atom. The first-order valence-corrected chi connectivity index (χ1v) is 8.17. The van der Waals surface area contributed by atoms with Crippen LogP contribution in [0.4, 0.5) is 0 Å². The molecular formula is C20H23NO2. The third-order valence-corrected chi connectivity index (χ3v) is 4.65. The summed E-state index contributed by atoms with van der Waals surface area (Å²) in [5.41, 5.74) is 2.28. The van der Waals surface area contributed by atoms with Crippen LogP contribution in [-0.2, 0) is 17.6 Å². The molecule has 3 nitrogen and oxygen atoms in total. The third-order valence-electron chi connectivity index (χ3n) is 4.65. The van der Waals surface area contributed by atoms with E-state index < -0.39 is 0 Å². The highest BCUT2D eigenvalue weighted by Gasteiger charge is 2.32. The second kappa shape index (κ2) is 7.42. The maximum Gasteiger partial charge on any atom is 0.142 e. The molecule has 120 valence electrons. The fourth-order valence-corrected chi connectivity index (χ4v) is 3.41. The van der Waals surface area contributed by atoms with E-state index in [0.717, 1.165) is 30.8 Å². The Balaban J connectivity index is 1.68. The molecule has 1 N–H and O–H groups in total. The molecule has 0 spiro atoms. The molecule has 2 atom stereocenters. The predicted octanol–water partition coefficient (Wildman–Crippen LogP) is 2.89. The zero-order chi connectivity index (χ0) is 16.1. The number of ether oxygens (including phenoxy) is 1. The van der Waals surface area contributed by atoms with Gasteiger partial charge in [-0.2, -0.15) is 0 Å². The molecule has 2 aromatic carbocycles. The van der Waals surface area contributed by atoms with E-state index >= 15 is 0 Å². The van der Waals surface area contributed by atoms with E-state index in [1.165, 1.54) is 5.56 Å². The van der Waals surface area contributed by atoms with Gasteiger partial charge in [0.1, 0.15) is 11.5 Å². The molecule has 0 aromatic heterocycles. The summed E-state index contributed by atoms with van der Waals surface area (Å²) in [6, 6.07) is 18.2. The van der Waals surface area contributed by atoms with Crippen LogP contribution in [0.3, 0.4) is 0 Å². The zero-order valence-corrected chi connectivity index (χ0v) is 13.5. The summed E-state index contributed by atoms with van der Waals surface area (Å²) in [5, 5.41) is 3.39. The molecule has 0 bridgehead atoms. The SMILES string of the molecule is COc1ccccc1CC(=O)C1CNC[C@H]1Cc1ccccc1. The van der Waals surface area contributed by atoms with Crippen molar-refractivity contribution in [2.45, 2.75) is 12.8 Å². The van der Waals surface area contributed by atoms with Gasteiger partial charge >= 0.3 is 0 Å². The Morgan fingerprint density at radius 2 is 1.83 bits per heavy atom. The first-order chi connectivity index (χ1) is 11.3. The fourth-order valence-electron chi connectivity index (χ4n) is 3.41. The molecule has 1 aliphatic rings. The Morgan fingerprint density at radius 3 is 2.61 bits per heavy atom. The minimum Gasteiger partial charge on any atom is -0.496 e. The molecule has 3 rings (SSSR count). The molecule has 3 heteroatoms. The lowest BCUT2D eigenvalue weighted by atomic mass is 9.85. The van der Waals surface area contributed by atoms with Crippen LogP contribution in [-0.4, -0.2) is 26.0 Å². The normalized spacial score (nSPS) is 20.4. The molecule has 0 radical (unpaired) electrons. The number of Topliss-reactive ketones (excluding diaryl/α,β-unsaturated/α-hetero) is 1. The molecule has 1 aliphatic heterocycles. The van der Waals surface area contributed by atoms with Crippen LogP contribution >= 0.6 is 0 Å². The van der Waals surface area contributed by atoms with Crippen LogP contribution < -0.4 is 10.1 Å². The number of para-hydroxylation sites is 1. The van der Waals surface area contributed by atoms with Crippen molar-refractivity contribution in [1.29, 1.82) is 0 Å². The first kappa shape index (κ1) is 15.8. The smallest absolute Gasteiger partial charge is 0.142 e. The summed E-state index contributed by atoms with van der Waals surface area (Å²) >= 11 is 0. The van der Waals surface area contributed by atoms with Crippen LogP contribution in [0.15, 0.2) is 54.6 Å². The van der Waals surface area contributed by atoms with Gasteiger partial charge in [0.25, 0.3) is 0 Å². The topological polar surface area (TPSA) is 38.3 Å². The molecule has 1 heterocycles. The van der Waals surface area contributed by atoms with Crippen molar-refractivity contribution in [3.8, 4) is 5.75 Å². The van der Waals surface area contributed by atoms with Gasteiger partial charge in [-0.3, -0.25) is 4.79 Å². The number of nitrogens with one attached hydrogen (secondary N) is 1. The molecule has 0 amide bonds. The minimum atomic E-state index is 0.0834. The Labute approximate surface area is 137 Å². The van der Waals surface area contributed by atoms with Crippen molar-refractivity contribution in [3.63, 3.8) is 0 Å². The van der Waals surface area contributed by atoms with Gasteiger partial charge in [0.2, 0.25) is 0 Å². The molecule has 1 unspecified atom stereocenters. The lowest BCUT2D eigenvalue weighted by molar-refractivity contribution is -0.122. The highest BCUT2D eigenvalue weighted by Crippen LogP contribution is 2.26. The van der Waals surface area contributed by atoms with Gasteiger partial charge in [-0.05, 0) is 30.5 Å². The van der Waals surface area contributed by atoms with Gasteiger partial charge in [-0.25, -0.2) is 0 Å². The summed E-state index contributed by atoms with van der Waals surface area (Å²) in [5.74, 6) is 1.56. The fraction of sp³-hybridized carbons (Fsp3) is 0.350. The first-order valence-electron chi connectivity index (χ1n) is 8.17. The molecule has 0 saturated carbocycles. The number of methoxy groups -OCH3 is 1. The van der Waals surface area contributed by atoms with Gasteiger partial charge in [0, 0.05) is 24.4 Å². The van der Waals surface area contributed by atoms with Crippen LogP contribution in [0.1, 0.15) is 11.1 Å². The molecular weight excluding hydrogens is 286 g/mol. The van der Waals surface area contributed by atoms with Gasteiger partial charge < -0.3 is 10.1 Å². The van der Waals surface area contributed by atoms with E-state index in [1.807, 2.05) is 30.3 Å². The molecule has 23 heavy (non-hydrogen) atoms. The van der Waals surface area contributed by atoms with Crippen molar-refractivity contribution in [3.05, 3.63) is 65.7 Å². The summed E-state index contributed by atoms with van der Waals surface area (Å²) in [6.45, 7) is 1.70. The van der Waals surface area contributed by atoms with E-state index in [1.54, 1.807) is 7.11 Å². The minimum absolute atomic E-state index is 0.0834. The Bertz CT molecular complexity index is 654. The maximum atomic E-state index is 12.8. The predicted molar refractivity (Wildman–Crippen MR) is 91.7 cm³/mol. The number of carbonyl (C=O) groups is 1. The highest BCUT2D eigenvalue weighted by atomic mass is 16.5. The van der Waals surface area contributed by atoms with Crippen molar-refractivity contribution in [2.24, 2.45) is 11.8 Å². The van der Waals surface area contributed by atoms with Crippen LogP contribution in [0.25, 0.3) is 0 Å². The summed E-state index contributed by atoms with van der Waals surface area (Å²) in [4.78, 5) is 12.8. The van der Waals surface area contributed by atoms with E-state index in [-0.39, 0.29) is 5.92 Å². The standard InChI is InChI=1S/C20H23NO2/c1-23-20-10-6-5-9-16(20)12-19(22)18-14-21-13-17(18)11-15-7-3-2-4-8-15/h2-10,17-18,21H,11-14H2,1H3/t17-,18?/m1/s1. The van der Waals surface area contributed by atoms with Gasteiger partial charge in [-0.1, -0.05) is 48.5 Å². The quantitative estimate of drug-likeness (QED) is 0.891. The number of carbonyl (C=O) groups excluding carboxylic acids is 1. The van der Waals surface area contributed by atoms with Crippen molar-refractivity contribution >= 4 is 5.78 Å². The van der Waals surface area contributed by atoms with Crippen LogP contribution in [0, 0.1) is 11.8 Å². The highest BCUT2D eigenvalue weighted by molar-refractivity contribution is 5.84. The average Bonchev–Trinajstić information content (AvgIpc) is 3.04. The molecule has 1 fully saturated rings. The summed E-state index contributed by atoms with van der Waals surface area (Å²) in [7, 11) is 1.65. The van der Waals surface area contributed by atoms with E-state index in [4.69, 9.17) is 4.74 Å². The van der Waals surface area contributed by atoms with Gasteiger partial charge in [-0.15, -0.1) is 0 Å². The molecule has 2 aromatic rings. The van der Waals surface area contributed by atoms with Crippen molar-refractivity contribution < 1.29 is 9.53 Å². The zero-order valence-electron chi connectivity index (χ0n) is 13.5. The number of hydrogen-bond acceptors (Lipinski definition) is 3. The van der Waals surface area contributed by atoms with Crippen LogP contribution in [0.5, 0.6) is 5.75 Å². The largest absolute Gasteiger partial charge is 0.496 e. The lowest BCUT2D eigenvalue weighted by Gasteiger charge is -2.18. The second-order valence-corrected chi connectivity index (χ2v) is 6.17. The number of ketones is 1. The number of benzene rings is 2. The van der Waals surface area contributed by atoms with E-state index in [0.29, 0.717) is 18.1 Å². The van der Waals surface area contributed by atoms with Gasteiger partial charge in [0.15, 0.2) is 0 Å². The second-order valence-electron chi connectivity index (χ2n) is 6.17. The monoisotopic (exact) mass is 309 g/mol. The number of rotatable bonds is 6. The molecule has 1 saturated heterocycles.